The monoisotopic (exact) mass is 566 g/mol. The predicted molar refractivity (Wildman–Crippen MR) is 170 cm³/mol. The van der Waals surface area contributed by atoms with Crippen molar-refractivity contribution in [3.8, 4) is 0 Å². The minimum absolute atomic E-state index is 0.325. The average Bonchev–Trinajstić information content (AvgIpc) is 2.93. The second kappa shape index (κ2) is 33.0. The number of rotatable bonds is 30. The van der Waals surface area contributed by atoms with Crippen LogP contribution in [0.5, 0.6) is 0 Å². The Hall–Kier alpha value is -1.23. The second-order valence-corrected chi connectivity index (χ2v) is 11.7. The number of esters is 2. The van der Waals surface area contributed by atoms with Gasteiger partial charge in [-0.25, -0.2) is 9.59 Å². The minimum Gasteiger partial charge on any atom is -0.463 e. The molecule has 5 heteroatoms. The molecule has 0 bridgehead atoms. The number of carbonyl (C=O) groups excluding carboxylic acids is 2. The van der Waals surface area contributed by atoms with Gasteiger partial charge in [-0.15, -0.1) is 11.8 Å². The van der Waals surface area contributed by atoms with Gasteiger partial charge in [-0.2, -0.15) is 0 Å². The van der Waals surface area contributed by atoms with E-state index in [0.29, 0.717) is 13.2 Å². The van der Waals surface area contributed by atoms with E-state index in [4.69, 9.17) is 9.47 Å². The van der Waals surface area contributed by atoms with Crippen LogP contribution >= 0.6 is 11.8 Å². The van der Waals surface area contributed by atoms with E-state index in [1.165, 1.54) is 152 Å². The molecule has 0 aliphatic heterocycles. The summed E-state index contributed by atoms with van der Waals surface area (Å²) in [5.74, 6) is -0.651. The number of hydrogen-bond donors (Lipinski definition) is 0. The molecule has 0 heterocycles. The second-order valence-electron chi connectivity index (χ2n) is 10.9. The Bertz CT molecular complexity index is 538. The Morgan fingerprint density at radius 2 is 0.692 bits per heavy atom. The van der Waals surface area contributed by atoms with Crippen LogP contribution in [-0.4, -0.2) is 25.2 Å². The molecule has 0 unspecified atom stereocenters. The van der Waals surface area contributed by atoms with Gasteiger partial charge >= 0.3 is 11.9 Å². The quantitative estimate of drug-likeness (QED) is 0.0491. The summed E-state index contributed by atoms with van der Waals surface area (Å²) in [5.41, 5.74) is 0. The standard InChI is InChI=1S/C34H62O4S/c1-3-5-7-9-11-13-15-17-19-21-23-25-29-37-33(35)27-31-39-32-28-34(36)38-30-26-24-22-20-18-16-14-12-10-8-6-4-2/h27-28,31-32H,3-26,29-30H2,1-2H3. The largest absolute Gasteiger partial charge is 0.463 e. The van der Waals surface area contributed by atoms with Crippen molar-refractivity contribution < 1.29 is 19.1 Å². The number of carbonyl (C=O) groups is 2. The fraction of sp³-hybridized carbons (Fsp3) is 0.824. The van der Waals surface area contributed by atoms with Crippen LogP contribution in [0.2, 0.25) is 0 Å². The van der Waals surface area contributed by atoms with E-state index < -0.39 is 0 Å². The van der Waals surface area contributed by atoms with Crippen LogP contribution in [0.4, 0.5) is 0 Å². The van der Waals surface area contributed by atoms with E-state index in [-0.39, 0.29) is 11.9 Å². The maximum absolute atomic E-state index is 11.8. The first kappa shape index (κ1) is 37.8. The molecule has 0 fully saturated rings. The van der Waals surface area contributed by atoms with Gasteiger partial charge in [-0.05, 0) is 23.7 Å². The third kappa shape index (κ3) is 32.9. The van der Waals surface area contributed by atoms with Gasteiger partial charge in [0.05, 0.1) is 13.2 Å². The molecule has 0 amide bonds. The molecule has 4 nitrogen and oxygen atoms in total. The highest BCUT2D eigenvalue weighted by Gasteiger charge is 1.99. The van der Waals surface area contributed by atoms with Gasteiger partial charge in [0.1, 0.15) is 0 Å². The van der Waals surface area contributed by atoms with Crippen molar-refractivity contribution in [1.29, 1.82) is 0 Å². The first-order valence-electron chi connectivity index (χ1n) is 16.5. The van der Waals surface area contributed by atoms with Gasteiger partial charge in [0.2, 0.25) is 0 Å². The van der Waals surface area contributed by atoms with Gasteiger partial charge in [-0.3, -0.25) is 0 Å². The Morgan fingerprint density at radius 3 is 0.974 bits per heavy atom. The van der Waals surface area contributed by atoms with Crippen LogP contribution in [0.3, 0.4) is 0 Å². The van der Waals surface area contributed by atoms with Crippen LogP contribution in [-0.2, 0) is 19.1 Å². The highest BCUT2D eigenvalue weighted by atomic mass is 32.2. The maximum Gasteiger partial charge on any atom is 0.331 e. The molecule has 0 spiro atoms. The number of thioether (sulfide) groups is 1. The van der Waals surface area contributed by atoms with Crippen LogP contribution in [0.25, 0.3) is 0 Å². The fourth-order valence-corrected chi connectivity index (χ4v) is 5.03. The normalized spacial score (nSPS) is 11.5. The number of hydrogen-bond acceptors (Lipinski definition) is 5. The van der Waals surface area contributed by atoms with Crippen molar-refractivity contribution in [3.63, 3.8) is 0 Å². The molecule has 0 saturated heterocycles. The van der Waals surface area contributed by atoms with E-state index in [0.717, 1.165) is 25.7 Å². The molecule has 0 aromatic rings. The van der Waals surface area contributed by atoms with Crippen molar-refractivity contribution in [3.05, 3.63) is 23.0 Å². The summed E-state index contributed by atoms with van der Waals surface area (Å²) in [6.45, 7) is 5.48. The Morgan fingerprint density at radius 1 is 0.436 bits per heavy atom. The maximum atomic E-state index is 11.8. The molecule has 39 heavy (non-hydrogen) atoms. The summed E-state index contributed by atoms with van der Waals surface area (Å²) in [4.78, 5) is 23.5. The molecule has 0 N–H and O–H groups in total. The number of unbranched alkanes of at least 4 members (excludes halogenated alkanes) is 22. The Kier molecular flexibility index (Phi) is 31.9. The van der Waals surface area contributed by atoms with Gasteiger partial charge in [0.25, 0.3) is 0 Å². The molecule has 0 aliphatic carbocycles. The Balaban J connectivity index is 3.42. The summed E-state index contributed by atoms with van der Waals surface area (Å²) in [6.07, 6.45) is 33.8. The molecule has 0 aromatic carbocycles. The fourth-order valence-electron chi connectivity index (χ4n) is 4.56. The van der Waals surface area contributed by atoms with Crippen LogP contribution in [0.15, 0.2) is 23.0 Å². The molecular weight excluding hydrogens is 504 g/mol. The SMILES string of the molecule is CCCCCCCCCCCCCCOC(=O)C=CSC=CC(=O)OCCCCCCCCCCCCCC. The van der Waals surface area contributed by atoms with E-state index in [2.05, 4.69) is 13.8 Å². The topological polar surface area (TPSA) is 52.6 Å². The van der Waals surface area contributed by atoms with Gasteiger partial charge in [-0.1, -0.05) is 155 Å². The zero-order chi connectivity index (χ0) is 28.5. The summed E-state index contributed by atoms with van der Waals surface area (Å²) in [5, 5.41) is 3.28. The lowest BCUT2D eigenvalue weighted by Gasteiger charge is -2.03. The summed E-state index contributed by atoms with van der Waals surface area (Å²) >= 11 is 1.27. The van der Waals surface area contributed by atoms with Crippen LogP contribution < -0.4 is 0 Å². The molecule has 0 aromatic heterocycles. The minimum atomic E-state index is -0.325. The summed E-state index contributed by atoms with van der Waals surface area (Å²) < 4.78 is 10.5. The lowest BCUT2D eigenvalue weighted by molar-refractivity contribution is -0.138. The van der Waals surface area contributed by atoms with E-state index in [1.54, 1.807) is 10.8 Å². The lowest BCUT2D eigenvalue weighted by atomic mass is 10.1. The molecule has 228 valence electrons. The van der Waals surface area contributed by atoms with E-state index in [9.17, 15) is 9.59 Å². The van der Waals surface area contributed by atoms with E-state index in [1.807, 2.05) is 0 Å². The van der Waals surface area contributed by atoms with Crippen molar-refractivity contribution in [1.82, 2.24) is 0 Å². The van der Waals surface area contributed by atoms with Crippen LogP contribution in [0.1, 0.15) is 168 Å². The van der Waals surface area contributed by atoms with Gasteiger partial charge in [0, 0.05) is 12.2 Å². The third-order valence-electron chi connectivity index (χ3n) is 7.05. The molecule has 0 radical (unpaired) electrons. The van der Waals surface area contributed by atoms with Crippen LogP contribution in [0, 0.1) is 0 Å². The van der Waals surface area contributed by atoms with Crippen molar-refractivity contribution >= 4 is 23.7 Å². The highest BCUT2D eigenvalue weighted by Crippen LogP contribution is 2.13. The molecule has 0 aliphatic rings. The first-order valence-corrected chi connectivity index (χ1v) is 17.5. The molecule has 0 atom stereocenters. The zero-order valence-electron chi connectivity index (χ0n) is 25.7. The summed E-state index contributed by atoms with van der Waals surface area (Å²) in [6, 6.07) is 0. The Labute approximate surface area is 246 Å². The van der Waals surface area contributed by atoms with Crippen molar-refractivity contribution in [2.75, 3.05) is 13.2 Å². The van der Waals surface area contributed by atoms with E-state index >= 15 is 0 Å². The third-order valence-corrected chi connectivity index (χ3v) is 7.64. The predicted octanol–water partition coefficient (Wildman–Crippen LogP) is 11.2. The molecule has 0 rings (SSSR count). The van der Waals surface area contributed by atoms with Crippen molar-refractivity contribution in [2.24, 2.45) is 0 Å². The van der Waals surface area contributed by atoms with Gasteiger partial charge < -0.3 is 9.47 Å². The van der Waals surface area contributed by atoms with Gasteiger partial charge in [0.15, 0.2) is 0 Å². The summed E-state index contributed by atoms with van der Waals surface area (Å²) in [7, 11) is 0. The number of ether oxygens (including phenoxy) is 2. The highest BCUT2D eigenvalue weighted by molar-refractivity contribution is 8.04. The molecule has 0 saturated carbocycles. The average molecular weight is 567 g/mol. The smallest absolute Gasteiger partial charge is 0.331 e. The van der Waals surface area contributed by atoms with Crippen molar-refractivity contribution in [2.45, 2.75) is 168 Å². The first-order chi connectivity index (χ1) is 19.2. The zero-order valence-corrected chi connectivity index (χ0v) is 26.6. The lowest BCUT2D eigenvalue weighted by Crippen LogP contribution is -2.02. The molecular formula is C34H62O4S.